The topological polar surface area (TPSA) is 75.7 Å². The highest BCUT2D eigenvalue weighted by atomic mass is 35.5. The molecule has 1 amide bonds. The summed E-state index contributed by atoms with van der Waals surface area (Å²) in [6.45, 7) is 5.48. The van der Waals surface area contributed by atoms with Crippen molar-refractivity contribution in [2.24, 2.45) is 0 Å². The molecule has 0 saturated heterocycles. The van der Waals surface area contributed by atoms with Crippen molar-refractivity contribution >= 4 is 33.2 Å². The van der Waals surface area contributed by atoms with Crippen molar-refractivity contribution in [3.05, 3.63) is 88.9 Å². The minimum atomic E-state index is -4.00. The molecule has 0 radical (unpaired) electrons. The number of aryl methyl sites for hydroxylation is 2. The fraction of sp³-hybridized carbons (Fsp3) is 0.240. The normalized spacial score (nSPS) is 12.1. The van der Waals surface area contributed by atoms with E-state index in [0.29, 0.717) is 16.5 Å². The first-order valence-electron chi connectivity index (χ1n) is 10.5. The first-order chi connectivity index (χ1) is 15.7. The number of ether oxygens (including phenoxy) is 1. The van der Waals surface area contributed by atoms with Crippen molar-refractivity contribution in [2.75, 3.05) is 17.5 Å². The van der Waals surface area contributed by atoms with E-state index in [4.69, 9.17) is 16.3 Å². The Bertz CT molecular complexity index is 1200. The molecule has 0 aliphatic carbocycles. The summed E-state index contributed by atoms with van der Waals surface area (Å²) in [5.41, 5.74) is 2.30. The third-order valence-corrected chi connectivity index (χ3v) is 7.03. The highest BCUT2D eigenvalue weighted by Crippen LogP contribution is 2.27. The number of amides is 1. The molecule has 6 nitrogen and oxygen atoms in total. The third kappa shape index (κ3) is 6.49. The number of benzene rings is 3. The number of hydrogen-bond donors (Lipinski definition) is 1. The number of rotatable bonds is 9. The van der Waals surface area contributed by atoms with Crippen LogP contribution in [0.4, 0.5) is 5.69 Å². The van der Waals surface area contributed by atoms with Gasteiger partial charge in [0.1, 0.15) is 18.9 Å². The van der Waals surface area contributed by atoms with Crippen molar-refractivity contribution in [2.45, 2.75) is 31.7 Å². The molecule has 0 aromatic heterocycles. The summed E-state index contributed by atoms with van der Waals surface area (Å²) >= 11 is 5.92. The molecule has 1 atom stereocenters. The lowest BCUT2D eigenvalue weighted by molar-refractivity contribution is -0.120. The molecule has 1 unspecified atom stereocenters. The van der Waals surface area contributed by atoms with Crippen LogP contribution in [-0.4, -0.2) is 33.5 Å². The zero-order valence-electron chi connectivity index (χ0n) is 18.8. The highest BCUT2D eigenvalue weighted by Gasteiger charge is 2.28. The van der Waals surface area contributed by atoms with Gasteiger partial charge in [-0.1, -0.05) is 47.5 Å². The van der Waals surface area contributed by atoms with Gasteiger partial charge < -0.3 is 10.1 Å². The molecule has 0 aliphatic rings. The molecule has 0 bridgehead atoms. The van der Waals surface area contributed by atoms with Crippen molar-refractivity contribution in [3.63, 3.8) is 0 Å². The van der Waals surface area contributed by atoms with Crippen molar-refractivity contribution < 1.29 is 17.9 Å². The molecule has 0 aliphatic heterocycles. The molecule has 0 spiro atoms. The Hall–Kier alpha value is -3.03. The Morgan fingerprint density at radius 1 is 1.00 bits per heavy atom. The highest BCUT2D eigenvalue weighted by molar-refractivity contribution is 7.92. The molecular formula is C25H27ClN2O4S. The number of nitrogens with zero attached hydrogens (tertiary/aromatic N) is 1. The molecule has 0 fully saturated rings. The standard InChI is InChI=1S/C25H27ClN2O4S/c1-18-8-12-22(13-9-18)32-17-20(3)27-25(29)16-28(24-7-5-4-6-19(24)2)33(30,31)23-14-10-21(26)11-15-23/h4-15,20H,16-17H2,1-3H3,(H,27,29). The van der Waals surface area contributed by atoms with E-state index >= 15 is 0 Å². The fourth-order valence-electron chi connectivity index (χ4n) is 3.22. The van der Waals surface area contributed by atoms with E-state index in [1.807, 2.05) is 37.3 Å². The largest absolute Gasteiger partial charge is 0.491 e. The van der Waals surface area contributed by atoms with Crippen LogP contribution in [0.1, 0.15) is 18.1 Å². The second-order valence-corrected chi connectivity index (χ2v) is 10.1. The van der Waals surface area contributed by atoms with Gasteiger partial charge in [-0.3, -0.25) is 9.10 Å². The summed E-state index contributed by atoms with van der Waals surface area (Å²) in [5.74, 6) is 0.268. The fourth-order valence-corrected chi connectivity index (χ4v) is 4.84. The molecule has 3 aromatic carbocycles. The molecule has 1 N–H and O–H groups in total. The van der Waals surface area contributed by atoms with E-state index in [-0.39, 0.29) is 24.1 Å². The van der Waals surface area contributed by atoms with Crippen LogP contribution in [0.5, 0.6) is 5.75 Å². The first-order valence-corrected chi connectivity index (χ1v) is 12.3. The lowest BCUT2D eigenvalue weighted by atomic mass is 10.2. The summed E-state index contributed by atoms with van der Waals surface area (Å²) < 4.78 is 33.7. The Kier molecular flexibility index (Phi) is 8.00. The lowest BCUT2D eigenvalue weighted by Gasteiger charge is -2.26. The molecule has 3 rings (SSSR count). The van der Waals surface area contributed by atoms with E-state index in [0.717, 1.165) is 15.4 Å². The Balaban J connectivity index is 1.75. The van der Waals surface area contributed by atoms with Crippen LogP contribution < -0.4 is 14.4 Å². The van der Waals surface area contributed by atoms with Gasteiger partial charge in [0.2, 0.25) is 5.91 Å². The zero-order valence-corrected chi connectivity index (χ0v) is 20.4. The molecule has 3 aromatic rings. The van der Waals surface area contributed by atoms with Gasteiger partial charge in [0, 0.05) is 5.02 Å². The summed E-state index contributed by atoms with van der Waals surface area (Å²) in [5, 5.41) is 3.25. The predicted octanol–water partition coefficient (Wildman–Crippen LogP) is 4.74. The Morgan fingerprint density at radius 3 is 2.27 bits per heavy atom. The van der Waals surface area contributed by atoms with E-state index < -0.39 is 15.9 Å². The summed E-state index contributed by atoms with van der Waals surface area (Å²) in [4.78, 5) is 12.9. The average Bonchev–Trinajstić information content (AvgIpc) is 2.78. The number of nitrogens with one attached hydrogen (secondary N) is 1. The smallest absolute Gasteiger partial charge is 0.264 e. The molecule has 8 heteroatoms. The maximum Gasteiger partial charge on any atom is 0.264 e. The molecule has 174 valence electrons. The first kappa shape index (κ1) is 24.6. The van der Waals surface area contributed by atoms with Crippen molar-refractivity contribution in [1.82, 2.24) is 5.32 Å². The zero-order chi connectivity index (χ0) is 24.0. The minimum absolute atomic E-state index is 0.0544. The summed E-state index contributed by atoms with van der Waals surface area (Å²) in [7, 11) is -4.00. The Morgan fingerprint density at radius 2 is 1.64 bits per heavy atom. The Labute approximate surface area is 200 Å². The van der Waals surface area contributed by atoms with E-state index in [1.54, 1.807) is 32.0 Å². The van der Waals surface area contributed by atoms with Crippen LogP contribution in [0.2, 0.25) is 5.02 Å². The quantitative estimate of drug-likeness (QED) is 0.474. The molecule has 33 heavy (non-hydrogen) atoms. The second-order valence-electron chi connectivity index (χ2n) is 7.84. The van der Waals surface area contributed by atoms with Crippen LogP contribution in [0.3, 0.4) is 0 Å². The summed E-state index contributed by atoms with van der Waals surface area (Å²) in [6, 6.07) is 20.2. The average molecular weight is 487 g/mol. The maximum atomic E-state index is 13.4. The van der Waals surface area contributed by atoms with E-state index in [2.05, 4.69) is 5.32 Å². The number of carbonyl (C=O) groups is 1. The van der Waals surface area contributed by atoms with E-state index in [9.17, 15) is 13.2 Å². The van der Waals surface area contributed by atoms with Crippen LogP contribution in [-0.2, 0) is 14.8 Å². The van der Waals surface area contributed by atoms with Gasteiger partial charge in [-0.25, -0.2) is 8.42 Å². The van der Waals surface area contributed by atoms with Crippen LogP contribution in [0.15, 0.2) is 77.7 Å². The van der Waals surface area contributed by atoms with Crippen molar-refractivity contribution in [3.8, 4) is 5.75 Å². The second kappa shape index (κ2) is 10.7. The number of hydrogen-bond acceptors (Lipinski definition) is 4. The van der Waals surface area contributed by atoms with Gasteiger partial charge in [-0.05, 0) is 68.8 Å². The van der Waals surface area contributed by atoms with Gasteiger partial charge in [-0.15, -0.1) is 0 Å². The van der Waals surface area contributed by atoms with Gasteiger partial charge in [0.25, 0.3) is 10.0 Å². The van der Waals surface area contributed by atoms with Gasteiger partial charge in [0.15, 0.2) is 0 Å². The maximum absolute atomic E-state index is 13.4. The molecule has 0 saturated carbocycles. The van der Waals surface area contributed by atoms with Gasteiger partial charge >= 0.3 is 0 Å². The van der Waals surface area contributed by atoms with Crippen molar-refractivity contribution in [1.29, 1.82) is 0 Å². The summed E-state index contributed by atoms with van der Waals surface area (Å²) in [6.07, 6.45) is 0. The van der Waals surface area contributed by atoms with Crippen LogP contribution in [0, 0.1) is 13.8 Å². The van der Waals surface area contributed by atoms with Gasteiger partial charge in [0.05, 0.1) is 16.6 Å². The number of anilines is 1. The van der Waals surface area contributed by atoms with E-state index in [1.165, 1.54) is 24.3 Å². The van der Waals surface area contributed by atoms with Crippen LogP contribution in [0.25, 0.3) is 0 Å². The number of para-hydroxylation sites is 1. The monoisotopic (exact) mass is 486 g/mol. The SMILES string of the molecule is Cc1ccc(OCC(C)NC(=O)CN(c2ccccc2C)S(=O)(=O)c2ccc(Cl)cc2)cc1. The molecular weight excluding hydrogens is 460 g/mol. The lowest BCUT2D eigenvalue weighted by Crippen LogP contribution is -2.45. The third-order valence-electron chi connectivity index (χ3n) is 5.00. The number of sulfonamides is 1. The predicted molar refractivity (Wildman–Crippen MR) is 131 cm³/mol. The number of halogens is 1. The van der Waals surface area contributed by atoms with Gasteiger partial charge in [-0.2, -0.15) is 0 Å². The number of carbonyl (C=O) groups excluding carboxylic acids is 1. The minimum Gasteiger partial charge on any atom is -0.491 e. The molecule has 0 heterocycles. The van der Waals surface area contributed by atoms with Crippen LogP contribution >= 0.6 is 11.6 Å².